The molecule has 0 aliphatic rings. The number of methoxy groups -OCH3 is 6. The lowest BCUT2D eigenvalue weighted by molar-refractivity contribution is -0.156. The van der Waals surface area contributed by atoms with Crippen molar-refractivity contribution in [3.63, 3.8) is 0 Å². The van der Waals surface area contributed by atoms with E-state index in [2.05, 4.69) is 30.9 Å². The third kappa shape index (κ3) is 7.71. The Morgan fingerprint density at radius 2 is 0.700 bits per heavy atom. The van der Waals surface area contributed by atoms with Gasteiger partial charge in [-0.05, 0) is 0 Å². The van der Waals surface area contributed by atoms with Gasteiger partial charge in [-0.25, -0.2) is 0 Å². The van der Waals surface area contributed by atoms with E-state index in [9.17, 15) is 15.3 Å². The number of hydrogen-bond acceptors (Lipinski definition) is 15. The van der Waals surface area contributed by atoms with Crippen LogP contribution in [0.4, 0.5) is 17.8 Å². The van der Waals surface area contributed by atoms with Gasteiger partial charge >= 0.3 is 0 Å². The molecule has 1 heterocycles. The minimum atomic E-state index is -1.35. The van der Waals surface area contributed by atoms with Crippen molar-refractivity contribution in [1.82, 2.24) is 15.0 Å². The highest BCUT2D eigenvalue weighted by molar-refractivity contribution is 5.43. The van der Waals surface area contributed by atoms with Crippen LogP contribution in [0, 0.1) is 0 Å². The summed E-state index contributed by atoms with van der Waals surface area (Å²) in [5.41, 5.74) is 0. The lowest BCUT2D eigenvalue weighted by atomic mass is 10.5. The summed E-state index contributed by atoms with van der Waals surface area (Å²) in [4.78, 5) is 12.1. The van der Waals surface area contributed by atoms with Crippen LogP contribution in [-0.4, -0.2) is 110 Å². The minimum Gasteiger partial charge on any atom is -0.369 e. The number of rotatable bonds is 15. The van der Waals surface area contributed by atoms with Crippen molar-refractivity contribution < 1.29 is 43.7 Å². The maximum atomic E-state index is 10.2. The van der Waals surface area contributed by atoms with E-state index in [1.807, 2.05) is 0 Å². The molecular weight excluding hydrogens is 408 g/mol. The molecule has 15 nitrogen and oxygen atoms in total. The van der Waals surface area contributed by atoms with Gasteiger partial charge in [0.25, 0.3) is 0 Å². The molecule has 0 saturated carbocycles. The number of hydrogen-bond donors (Lipinski definition) is 6. The molecule has 1 aromatic heterocycles. The topological polar surface area (TPSA) is 191 Å². The molecule has 0 bridgehead atoms. The quantitative estimate of drug-likeness (QED) is 0.163. The second kappa shape index (κ2) is 13.4. The molecule has 0 aliphatic carbocycles. The van der Waals surface area contributed by atoms with Gasteiger partial charge in [0, 0.05) is 42.7 Å². The van der Waals surface area contributed by atoms with E-state index in [0.717, 1.165) is 0 Å². The zero-order valence-corrected chi connectivity index (χ0v) is 17.6. The van der Waals surface area contributed by atoms with E-state index in [1.54, 1.807) is 0 Å². The van der Waals surface area contributed by atoms with Crippen LogP contribution >= 0.6 is 0 Å². The first-order chi connectivity index (χ1) is 14.3. The lowest BCUT2D eigenvalue weighted by Crippen LogP contribution is -2.39. The predicted octanol–water partition coefficient (Wildman–Crippen LogP) is -2.08. The highest BCUT2D eigenvalue weighted by Gasteiger charge is 2.24. The maximum Gasteiger partial charge on any atom is 0.231 e. The first-order valence-corrected chi connectivity index (χ1v) is 8.60. The molecule has 0 fully saturated rings. The second-order valence-electron chi connectivity index (χ2n) is 5.59. The second-order valence-corrected chi connectivity index (χ2v) is 5.59. The number of nitrogens with one attached hydrogen (secondary N) is 3. The monoisotopic (exact) mass is 438 g/mol. The summed E-state index contributed by atoms with van der Waals surface area (Å²) >= 11 is 0. The first kappa shape index (κ1) is 26.1. The van der Waals surface area contributed by atoms with Gasteiger partial charge in [0.2, 0.25) is 36.7 Å². The van der Waals surface area contributed by atoms with Crippen LogP contribution in [0.3, 0.4) is 0 Å². The zero-order valence-electron chi connectivity index (χ0n) is 17.6. The van der Waals surface area contributed by atoms with Crippen LogP contribution in [0.25, 0.3) is 0 Å². The first-order valence-electron chi connectivity index (χ1n) is 8.60. The fourth-order valence-corrected chi connectivity index (χ4v) is 2.23. The average Bonchev–Trinajstić information content (AvgIpc) is 2.70. The van der Waals surface area contributed by atoms with Crippen molar-refractivity contribution in [3.8, 4) is 0 Å². The fourth-order valence-electron chi connectivity index (χ4n) is 2.23. The fraction of sp³-hybridized carbons (Fsp3) is 0.800. The largest absolute Gasteiger partial charge is 0.369 e. The molecule has 0 saturated heterocycles. The molecule has 1 aromatic rings. The van der Waals surface area contributed by atoms with Crippen LogP contribution in [0.5, 0.6) is 0 Å². The average molecular weight is 438 g/mol. The Morgan fingerprint density at radius 1 is 0.500 bits per heavy atom. The molecular formula is C15H30N6O9. The predicted molar refractivity (Wildman–Crippen MR) is 102 cm³/mol. The Kier molecular flexibility index (Phi) is 11.6. The van der Waals surface area contributed by atoms with E-state index in [0.29, 0.717) is 0 Å². The number of aromatic nitrogens is 3. The molecule has 0 aromatic carbocycles. The molecule has 3 unspecified atom stereocenters. The normalized spacial score (nSPS) is 14.8. The summed E-state index contributed by atoms with van der Waals surface area (Å²) in [7, 11) is 8.03. The van der Waals surface area contributed by atoms with Crippen LogP contribution in [0.1, 0.15) is 0 Å². The number of aliphatic hydroxyl groups excluding tert-OH is 3. The van der Waals surface area contributed by atoms with Crippen LogP contribution in [-0.2, 0) is 28.4 Å². The van der Waals surface area contributed by atoms with Crippen molar-refractivity contribution in [2.75, 3.05) is 58.6 Å². The molecule has 0 aliphatic heterocycles. The van der Waals surface area contributed by atoms with Gasteiger partial charge in [-0.2, -0.15) is 15.0 Å². The van der Waals surface area contributed by atoms with E-state index < -0.39 is 37.6 Å². The highest BCUT2D eigenvalue weighted by Crippen LogP contribution is 2.15. The minimum absolute atomic E-state index is 0.140. The van der Waals surface area contributed by atoms with Crippen LogP contribution < -0.4 is 16.0 Å². The molecule has 174 valence electrons. The number of nitrogens with zero attached hydrogens (tertiary/aromatic N) is 3. The third-order valence-electron chi connectivity index (χ3n) is 3.63. The molecule has 1 rings (SSSR count). The lowest BCUT2D eigenvalue weighted by Gasteiger charge is -2.24. The summed E-state index contributed by atoms with van der Waals surface area (Å²) in [5.74, 6) is -0.420. The number of aliphatic hydroxyl groups is 3. The summed E-state index contributed by atoms with van der Waals surface area (Å²) in [6, 6.07) is 0. The van der Waals surface area contributed by atoms with E-state index in [1.165, 1.54) is 42.7 Å². The summed E-state index contributed by atoms with van der Waals surface area (Å²) < 4.78 is 29.8. The zero-order chi connectivity index (χ0) is 22.7. The van der Waals surface area contributed by atoms with Gasteiger partial charge in [0.15, 0.2) is 18.7 Å². The Balaban J connectivity index is 3.13. The smallest absolute Gasteiger partial charge is 0.231 e. The highest BCUT2D eigenvalue weighted by atomic mass is 16.7. The Hall–Kier alpha value is -1.95. The Labute approximate surface area is 173 Å². The summed E-state index contributed by atoms with van der Waals surface area (Å²) in [6.07, 6.45) is -7.13. The molecule has 15 heteroatoms. The summed E-state index contributed by atoms with van der Waals surface area (Å²) in [5, 5.41) is 38.1. The van der Waals surface area contributed by atoms with Crippen molar-refractivity contribution in [3.05, 3.63) is 0 Å². The van der Waals surface area contributed by atoms with Crippen molar-refractivity contribution in [2.45, 2.75) is 37.6 Å². The molecule has 0 spiro atoms. The van der Waals surface area contributed by atoms with Crippen molar-refractivity contribution in [1.29, 1.82) is 0 Å². The molecule has 0 radical (unpaired) electrons. The standard InChI is InChI=1S/C15H30N6O9/c1-25-10(26-2)7(22)16-13-19-14(17-8(23)11(27-3)28-4)21-15(20-13)18-9(24)12(29-5)30-6/h7-12,22-24H,1-6H3,(H3,16,17,18,19,20,21). The SMILES string of the molecule is COC(OC)C(O)Nc1nc(NC(O)C(OC)OC)nc(NC(O)C(OC)OC)n1. The van der Waals surface area contributed by atoms with Gasteiger partial charge in [-0.1, -0.05) is 0 Å². The molecule has 0 amide bonds. The van der Waals surface area contributed by atoms with Gasteiger partial charge in [-0.3, -0.25) is 0 Å². The van der Waals surface area contributed by atoms with Crippen LogP contribution in [0.2, 0.25) is 0 Å². The van der Waals surface area contributed by atoms with Crippen molar-refractivity contribution >= 4 is 17.8 Å². The van der Waals surface area contributed by atoms with E-state index >= 15 is 0 Å². The van der Waals surface area contributed by atoms with Crippen molar-refractivity contribution in [2.24, 2.45) is 0 Å². The van der Waals surface area contributed by atoms with E-state index in [4.69, 9.17) is 28.4 Å². The molecule has 3 atom stereocenters. The third-order valence-corrected chi connectivity index (χ3v) is 3.63. The van der Waals surface area contributed by atoms with Crippen LogP contribution in [0.15, 0.2) is 0 Å². The maximum absolute atomic E-state index is 10.2. The number of anilines is 3. The molecule has 6 N–H and O–H groups in total. The number of ether oxygens (including phenoxy) is 6. The van der Waals surface area contributed by atoms with Gasteiger partial charge in [-0.15, -0.1) is 0 Å². The Morgan fingerprint density at radius 3 is 0.867 bits per heavy atom. The molecule has 30 heavy (non-hydrogen) atoms. The van der Waals surface area contributed by atoms with Gasteiger partial charge in [0.05, 0.1) is 0 Å². The van der Waals surface area contributed by atoms with Gasteiger partial charge < -0.3 is 59.7 Å². The van der Waals surface area contributed by atoms with Gasteiger partial charge in [0.1, 0.15) is 0 Å². The Bertz CT molecular complexity index is 511. The summed E-state index contributed by atoms with van der Waals surface area (Å²) in [6.45, 7) is 0. The van der Waals surface area contributed by atoms with E-state index in [-0.39, 0.29) is 17.8 Å².